The van der Waals surface area contributed by atoms with Gasteiger partial charge in [0.1, 0.15) is 5.75 Å². The van der Waals surface area contributed by atoms with Crippen molar-refractivity contribution in [2.45, 2.75) is 24.6 Å². The standard InChI is InChI=1S/C18H16ClF3N2O2/c1-11(13-7-6-12(26-2)9-15(13)19)17(25,18(20,21)22)14-10-23-24-8-4-3-5-16(14)24/h3-11,25H,1-2H3. The van der Waals surface area contributed by atoms with E-state index in [0.717, 1.165) is 6.20 Å². The summed E-state index contributed by atoms with van der Waals surface area (Å²) >= 11 is 6.16. The van der Waals surface area contributed by atoms with E-state index in [1.807, 2.05) is 0 Å². The third kappa shape index (κ3) is 2.81. The maximum Gasteiger partial charge on any atom is 0.422 e. The van der Waals surface area contributed by atoms with Crippen LogP contribution in [0, 0.1) is 0 Å². The fraction of sp³-hybridized carbons (Fsp3) is 0.278. The summed E-state index contributed by atoms with van der Waals surface area (Å²) in [5.74, 6) is -0.966. The monoisotopic (exact) mass is 384 g/mol. The molecule has 0 aliphatic heterocycles. The number of alkyl halides is 3. The molecule has 2 heterocycles. The van der Waals surface area contributed by atoms with E-state index in [9.17, 15) is 18.3 Å². The lowest BCUT2D eigenvalue weighted by molar-refractivity contribution is -0.274. The average Bonchev–Trinajstić information content (AvgIpc) is 3.03. The van der Waals surface area contributed by atoms with Crippen LogP contribution >= 0.6 is 11.6 Å². The van der Waals surface area contributed by atoms with E-state index in [2.05, 4.69) is 5.10 Å². The minimum absolute atomic E-state index is 0.0796. The van der Waals surface area contributed by atoms with Gasteiger partial charge in [0, 0.05) is 22.7 Å². The van der Waals surface area contributed by atoms with Crippen LogP contribution in [-0.2, 0) is 5.60 Å². The first-order chi connectivity index (χ1) is 12.2. The van der Waals surface area contributed by atoms with Crippen molar-refractivity contribution in [1.29, 1.82) is 0 Å². The number of aromatic nitrogens is 2. The zero-order chi connectivity index (χ0) is 19.1. The molecule has 26 heavy (non-hydrogen) atoms. The van der Waals surface area contributed by atoms with Crippen LogP contribution in [0.2, 0.25) is 5.02 Å². The molecule has 1 N–H and O–H groups in total. The van der Waals surface area contributed by atoms with Crippen LogP contribution in [0.4, 0.5) is 13.2 Å². The predicted molar refractivity (Wildman–Crippen MR) is 91.6 cm³/mol. The van der Waals surface area contributed by atoms with Crippen LogP contribution in [-0.4, -0.2) is 28.0 Å². The molecule has 2 unspecified atom stereocenters. The van der Waals surface area contributed by atoms with Gasteiger partial charge in [-0.3, -0.25) is 0 Å². The largest absolute Gasteiger partial charge is 0.497 e. The smallest absolute Gasteiger partial charge is 0.422 e. The molecular formula is C18H16ClF3N2O2. The summed E-state index contributed by atoms with van der Waals surface area (Å²) in [6, 6.07) is 9.04. The number of halogens is 4. The molecule has 0 amide bonds. The van der Waals surface area contributed by atoms with Crippen molar-refractivity contribution in [3.63, 3.8) is 0 Å². The highest BCUT2D eigenvalue weighted by molar-refractivity contribution is 6.31. The molecule has 0 aliphatic rings. The van der Waals surface area contributed by atoms with Crippen molar-refractivity contribution in [2.24, 2.45) is 0 Å². The fourth-order valence-electron chi connectivity index (χ4n) is 3.07. The number of pyridine rings is 1. The van der Waals surface area contributed by atoms with Crippen molar-refractivity contribution in [1.82, 2.24) is 9.61 Å². The number of methoxy groups -OCH3 is 1. The Labute approximate surface area is 152 Å². The number of benzene rings is 1. The quantitative estimate of drug-likeness (QED) is 0.717. The Bertz CT molecular complexity index is 942. The van der Waals surface area contributed by atoms with Gasteiger partial charge in [0.15, 0.2) is 5.60 Å². The Morgan fingerprint density at radius 1 is 1.23 bits per heavy atom. The van der Waals surface area contributed by atoms with Crippen LogP contribution < -0.4 is 4.74 Å². The van der Waals surface area contributed by atoms with Crippen LogP contribution in [0.15, 0.2) is 48.8 Å². The highest BCUT2D eigenvalue weighted by atomic mass is 35.5. The third-order valence-corrected chi connectivity index (χ3v) is 4.90. The van der Waals surface area contributed by atoms with Gasteiger partial charge in [-0.05, 0) is 29.8 Å². The van der Waals surface area contributed by atoms with Gasteiger partial charge in [-0.25, -0.2) is 4.52 Å². The summed E-state index contributed by atoms with van der Waals surface area (Å²) in [6.07, 6.45) is -2.40. The number of rotatable bonds is 4. The minimum Gasteiger partial charge on any atom is -0.497 e. The number of hydrogen-bond acceptors (Lipinski definition) is 3. The van der Waals surface area contributed by atoms with Gasteiger partial charge in [0.05, 0.1) is 18.8 Å². The molecule has 2 aromatic heterocycles. The molecule has 0 spiro atoms. The van der Waals surface area contributed by atoms with Gasteiger partial charge < -0.3 is 9.84 Å². The molecule has 8 heteroatoms. The molecule has 3 aromatic rings. The lowest BCUT2D eigenvalue weighted by atomic mass is 9.78. The Kier molecular flexibility index (Phi) is 4.62. The Morgan fingerprint density at radius 3 is 2.58 bits per heavy atom. The summed E-state index contributed by atoms with van der Waals surface area (Å²) in [4.78, 5) is 0. The van der Waals surface area contributed by atoms with E-state index in [1.54, 1.807) is 12.1 Å². The molecule has 0 saturated carbocycles. The molecule has 0 fully saturated rings. The van der Waals surface area contributed by atoms with E-state index in [-0.39, 0.29) is 21.7 Å². The van der Waals surface area contributed by atoms with E-state index in [0.29, 0.717) is 5.75 Å². The number of hydrogen-bond donors (Lipinski definition) is 1. The third-order valence-electron chi connectivity index (χ3n) is 4.57. The van der Waals surface area contributed by atoms with Gasteiger partial charge in [-0.1, -0.05) is 30.7 Å². The van der Waals surface area contributed by atoms with Gasteiger partial charge in [-0.15, -0.1) is 0 Å². The van der Waals surface area contributed by atoms with Crippen molar-refractivity contribution in [3.05, 3.63) is 64.9 Å². The lowest BCUT2D eigenvalue weighted by Gasteiger charge is -2.36. The van der Waals surface area contributed by atoms with Crippen molar-refractivity contribution < 1.29 is 23.0 Å². The van der Waals surface area contributed by atoms with Crippen LogP contribution in [0.3, 0.4) is 0 Å². The van der Waals surface area contributed by atoms with Gasteiger partial charge in [-0.2, -0.15) is 18.3 Å². The SMILES string of the molecule is COc1ccc(C(C)C(O)(c2cnn3ccccc23)C(F)(F)F)c(Cl)c1. The van der Waals surface area contributed by atoms with Crippen LogP contribution in [0.25, 0.3) is 5.52 Å². The van der Waals surface area contributed by atoms with Crippen molar-refractivity contribution in [2.75, 3.05) is 7.11 Å². The molecule has 0 radical (unpaired) electrons. The zero-order valence-corrected chi connectivity index (χ0v) is 14.7. The van der Waals surface area contributed by atoms with E-state index < -0.39 is 17.7 Å². The summed E-state index contributed by atoms with van der Waals surface area (Å²) in [5, 5.41) is 14.9. The second-order valence-corrected chi connectivity index (χ2v) is 6.37. The predicted octanol–water partition coefficient (Wildman–Crippen LogP) is 4.55. The summed E-state index contributed by atoms with van der Waals surface area (Å²) in [6.45, 7) is 1.29. The molecule has 4 nitrogen and oxygen atoms in total. The maximum atomic E-state index is 14.1. The number of fused-ring (bicyclic) bond motifs is 1. The Balaban J connectivity index is 2.20. The van der Waals surface area contributed by atoms with Crippen molar-refractivity contribution in [3.8, 4) is 5.75 Å². The maximum absolute atomic E-state index is 14.1. The van der Waals surface area contributed by atoms with E-state index in [1.165, 1.54) is 49.0 Å². The summed E-state index contributed by atoms with van der Waals surface area (Å²) in [5.41, 5.74) is -3.18. The zero-order valence-electron chi connectivity index (χ0n) is 14.0. The fourth-order valence-corrected chi connectivity index (χ4v) is 3.40. The summed E-state index contributed by atoms with van der Waals surface area (Å²) in [7, 11) is 1.43. The molecule has 0 aliphatic carbocycles. The Morgan fingerprint density at radius 2 is 1.96 bits per heavy atom. The second kappa shape index (κ2) is 6.48. The van der Waals surface area contributed by atoms with Gasteiger partial charge in [0.25, 0.3) is 0 Å². The molecule has 2 atom stereocenters. The van der Waals surface area contributed by atoms with E-state index in [4.69, 9.17) is 16.3 Å². The minimum atomic E-state index is -4.95. The molecule has 0 bridgehead atoms. The molecule has 138 valence electrons. The highest BCUT2D eigenvalue weighted by Crippen LogP contribution is 2.50. The normalized spacial score (nSPS) is 15.7. The molecule has 0 saturated heterocycles. The Hall–Kier alpha value is -2.25. The highest BCUT2D eigenvalue weighted by Gasteiger charge is 2.60. The molecule has 1 aromatic carbocycles. The topological polar surface area (TPSA) is 46.8 Å². The number of nitrogens with zero attached hydrogens (tertiary/aromatic N) is 2. The average molecular weight is 385 g/mol. The first-order valence-electron chi connectivity index (χ1n) is 7.75. The first-order valence-corrected chi connectivity index (χ1v) is 8.13. The van der Waals surface area contributed by atoms with Crippen LogP contribution in [0.5, 0.6) is 5.75 Å². The number of aliphatic hydroxyl groups is 1. The first kappa shape index (κ1) is 18.5. The lowest BCUT2D eigenvalue weighted by Crippen LogP contribution is -2.46. The van der Waals surface area contributed by atoms with Gasteiger partial charge in [0.2, 0.25) is 0 Å². The van der Waals surface area contributed by atoms with Crippen molar-refractivity contribution >= 4 is 17.1 Å². The second-order valence-electron chi connectivity index (χ2n) is 5.96. The van der Waals surface area contributed by atoms with E-state index >= 15 is 0 Å². The van der Waals surface area contributed by atoms with Crippen LogP contribution in [0.1, 0.15) is 24.0 Å². The summed E-state index contributed by atoms with van der Waals surface area (Å²) < 4.78 is 48.5. The number of ether oxygens (including phenoxy) is 1. The molecule has 3 rings (SSSR count). The van der Waals surface area contributed by atoms with Gasteiger partial charge >= 0.3 is 6.18 Å². The molecular weight excluding hydrogens is 369 g/mol.